The van der Waals surface area contributed by atoms with Crippen LogP contribution in [0.25, 0.3) is 0 Å². The van der Waals surface area contributed by atoms with E-state index in [1.165, 1.54) is 5.56 Å². The van der Waals surface area contributed by atoms with Crippen molar-refractivity contribution >= 4 is 11.6 Å². The molecule has 1 saturated carbocycles. The van der Waals surface area contributed by atoms with Crippen LogP contribution < -0.4 is 10.1 Å². The van der Waals surface area contributed by atoms with Gasteiger partial charge in [-0.3, -0.25) is 19.4 Å². The summed E-state index contributed by atoms with van der Waals surface area (Å²) >= 11 is 0. The van der Waals surface area contributed by atoms with E-state index in [1.807, 2.05) is 0 Å². The quantitative estimate of drug-likeness (QED) is 0.551. The molecule has 4 aliphatic rings. The Morgan fingerprint density at radius 1 is 1.08 bits per heavy atom. The second-order valence-corrected chi connectivity index (χ2v) is 12.3. The zero-order chi connectivity index (χ0) is 26.6. The highest BCUT2D eigenvalue weighted by Crippen LogP contribution is 2.43. The van der Waals surface area contributed by atoms with Gasteiger partial charge in [0.25, 0.3) is 0 Å². The lowest BCUT2D eigenvalue weighted by atomic mass is 9.63. The van der Waals surface area contributed by atoms with Gasteiger partial charge in [0.2, 0.25) is 0 Å². The third-order valence-corrected chi connectivity index (χ3v) is 9.87. The van der Waals surface area contributed by atoms with Crippen molar-refractivity contribution in [2.75, 3.05) is 46.4 Å². The summed E-state index contributed by atoms with van der Waals surface area (Å²) in [5.74, 6) is 1.53. The molecule has 3 aliphatic heterocycles. The van der Waals surface area contributed by atoms with Crippen LogP contribution in [0.2, 0.25) is 0 Å². The predicted molar refractivity (Wildman–Crippen MR) is 148 cm³/mol. The first-order valence-corrected chi connectivity index (χ1v) is 15.0. The fourth-order valence-corrected chi connectivity index (χ4v) is 7.21. The first kappa shape index (κ1) is 27.8. The number of ketones is 2. The van der Waals surface area contributed by atoms with E-state index in [-0.39, 0.29) is 23.5 Å². The summed E-state index contributed by atoms with van der Waals surface area (Å²) in [5.41, 5.74) is 0.943. The summed E-state index contributed by atoms with van der Waals surface area (Å²) in [6, 6.07) is 8.70. The molecular weight excluding hydrogens is 478 g/mol. The maximum Gasteiger partial charge on any atom is 0.141 e. The van der Waals surface area contributed by atoms with Gasteiger partial charge in [-0.25, -0.2) is 0 Å². The van der Waals surface area contributed by atoms with Gasteiger partial charge in [0.1, 0.15) is 23.4 Å². The van der Waals surface area contributed by atoms with Gasteiger partial charge in [0.05, 0.1) is 18.6 Å². The van der Waals surface area contributed by atoms with Crippen molar-refractivity contribution in [1.29, 1.82) is 0 Å². The number of carbonyl (C=O) groups is 2. The molecule has 1 unspecified atom stereocenters. The standard InChI is InChI=1S/C31H47N3O4/c1-3-4-13-31(20-25(35)7-10-29(31)36)28-22-33(2)30(23-32-28)14-16-34(17-15-30)21-24-5-8-26(9-6-24)38-27-11-18-37-19-12-27/h5-6,8-9,27-28,32H,3-4,7,10-23H2,1-2H3/t28-,31?/m1/s1. The van der Waals surface area contributed by atoms with E-state index in [9.17, 15) is 9.59 Å². The number of ether oxygens (including phenoxy) is 2. The van der Waals surface area contributed by atoms with Gasteiger partial charge in [-0.05, 0) is 44.0 Å². The van der Waals surface area contributed by atoms with Crippen LogP contribution in [-0.4, -0.2) is 85.5 Å². The first-order chi connectivity index (χ1) is 18.4. The second-order valence-electron chi connectivity index (χ2n) is 12.3. The fourth-order valence-electron chi connectivity index (χ4n) is 7.21. The summed E-state index contributed by atoms with van der Waals surface area (Å²) < 4.78 is 11.6. The molecular formula is C31H47N3O4. The third kappa shape index (κ3) is 6.01. The Labute approximate surface area is 228 Å². The molecule has 0 bridgehead atoms. The molecule has 0 aromatic heterocycles. The second kappa shape index (κ2) is 12.2. The number of likely N-dealkylation sites (N-methyl/N-ethyl adjacent to an activating group) is 1. The van der Waals surface area contributed by atoms with Gasteiger partial charge in [-0.1, -0.05) is 31.9 Å². The Bertz CT molecular complexity index is 952. The highest BCUT2D eigenvalue weighted by molar-refractivity contribution is 5.97. The molecule has 38 heavy (non-hydrogen) atoms. The smallest absolute Gasteiger partial charge is 0.141 e. The number of hydrogen-bond acceptors (Lipinski definition) is 7. The number of rotatable bonds is 8. The van der Waals surface area contributed by atoms with Crippen molar-refractivity contribution in [2.45, 2.75) is 95.4 Å². The highest BCUT2D eigenvalue weighted by Gasteiger charge is 2.52. The van der Waals surface area contributed by atoms with Crippen molar-refractivity contribution in [3.8, 4) is 5.75 Å². The molecule has 1 N–H and O–H groups in total. The molecule has 5 rings (SSSR count). The minimum absolute atomic E-state index is 0.0707. The van der Waals surface area contributed by atoms with Crippen molar-refractivity contribution in [1.82, 2.24) is 15.1 Å². The third-order valence-electron chi connectivity index (χ3n) is 9.87. The summed E-state index contributed by atoms with van der Waals surface area (Å²) in [7, 11) is 2.24. The largest absolute Gasteiger partial charge is 0.490 e. The number of nitrogens with zero attached hydrogens (tertiary/aromatic N) is 2. The molecule has 1 aromatic carbocycles. The summed E-state index contributed by atoms with van der Waals surface area (Å²) in [6.07, 6.45) is 8.61. The molecule has 1 spiro atoms. The number of nitrogens with one attached hydrogen (secondary N) is 1. The normalized spacial score (nSPS) is 29.6. The number of benzene rings is 1. The van der Waals surface area contributed by atoms with Crippen LogP contribution in [0, 0.1) is 5.41 Å². The van der Waals surface area contributed by atoms with Crippen LogP contribution in [-0.2, 0) is 20.9 Å². The summed E-state index contributed by atoms with van der Waals surface area (Å²) in [4.78, 5) is 30.8. The lowest BCUT2D eigenvalue weighted by Crippen LogP contribution is -2.70. The average molecular weight is 526 g/mol. The molecule has 4 fully saturated rings. The van der Waals surface area contributed by atoms with Gasteiger partial charge >= 0.3 is 0 Å². The van der Waals surface area contributed by atoms with Crippen LogP contribution in [0.15, 0.2) is 24.3 Å². The SMILES string of the molecule is CCCCC1([C@H]2CN(C)C3(CCN(Cc4ccc(OC5CCOCC5)cc4)CC3)CN2)CC(=O)CCC1=O. The number of Topliss-reactive ketones (excluding diaryl/α,β-unsaturated/α-hetero) is 2. The monoisotopic (exact) mass is 525 g/mol. The predicted octanol–water partition coefficient (Wildman–Crippen LogP) is 3.98. The van der Waals surface area contributed by atoms with Crippen molar-refractivity contribution in [2.24, 2.45) is 5.41 Å². The van der Waals surface area contributed by atoms with Crippen molar-refractivity contribution in [3.63, 3.8) is 0 Å². The lowest BCUT2D eigenvalue weighted by molar-refractivity contribution is -0.144. The first-order valence-electron chi connectivity index (χ1n) is 15.0. The minimum Gasteiger partial charge on any atom is -0.490 e. The maximum absolute atomic E-state index is 13.2. The van der Waals surface area contributed by atoms with E-state index < -0.39 is 5.41 Å². The topological polar surface area (TPSA) is 71.1 Å². The van der Waals surface area contributed by atoms with Crippen molar-refractivity contribution in [3.05, 3.63) is 29.8 Å². The molecule has 1 aromatic rings. The molecule has 7 nitrogen and oxygen atoms in total. The fraction of sp³-hybridized carbons (Fsp3) is 0.742. The molecule has 3 heterocycles. The van der Waals surface area contributed by atoms with E-state index >= 15 is 0 Å². The number of piperidine rings is 1. The van der Waals surface area contributed by atoms with Gasteiger partial charge in [0, 0.05) is 76.4 Å². The van der Waals surface area contributed by atoms with E-state index in [1.54, 1.807) is 0 Å². The number of likely N-dealkylation sites (tertiary alicyclic amines) is 1. The average Bonchev–Trinajstić information content (AvgIpc) is 2.94. The number of piperazine rings is 1. The van der Waals surface area contributed by atoms with E-state index in [2.05, 4.69) is 53.4 Å². The Morgan fingerprint density at radius 2 is 1.82 bits per heavy atom. The van der Waals surface area contributed by atoms with Gasteiger partial charge in [0.15, 0.2) is 0 Å². The van der Waals surface area contributed by atoms with E-state index in [4.69, 9.17) is 9.47 Å². The Morgan fingerprint density at radius 3 is 2.50 bits per heavy atom. The minimum atomic E-state index is -0.511. The molecule has 3 saturated heterocycles. The Kier molecular flexibility index (Phi) is 8.88. The molecule has 1 aliphatic carbocycles. The molecule has 0 amide bonds. The highest BCUT2D eigenvalue weighted by atomic mass is 16.5. The number of unbranched alkanes of at least 4 members (excludes halogenated alkanes) is 1. The number of carbonyl (C=O) groups excluding carboxylic acids is 2. The van der Waals surface area contributed by atoms with Gasteiger partial charge in [-0.2, -0.15) is 0 Å². The van der Waals surface area contributed by atoms with Crippen molar-refractivity contribution < 1.29 is 19.1 Å². The Balaban J connectivity index is 1.14. The van der Waals surface area contributed by atoms with Crippen LogP contribution in [0.4, 0.5) is 0 Å². The van der Waals surface area contributed by atoms with Crippen LogP contribution in [0.1, 0.15) is 76.7 Å². The van der Waals surface area contributed by atoms with E-state index in [0.29, 0.717) is 25.0 Å². The molecule has 0 radical (unpaired) electrons. The molecule has 7 heteroatoms. The zero-order valence-corrected chi connectivity index (χ0v) is 23.5. The molecule has 2 atom stereocenters. The lowest BCUT2D eigenvalue weighted by Gasteiger charge is -2.55. The van der Waals surface area contributed by atoms with Crippen LogP contribution in [0.3, 0.4) is 0 Å². The zero-order valence-electron chi connectivity index (χ0n) is 23.5. The molecule has 210 valence electrons. The Hall–Kier alpha value is -1.80. The van der Waals surface area contributed by atoms with Gasteiger partial charge < -0.3 is 14.8 Å². The summed E-state index contributed by atoms with van der Waals surface area (Å²) in [5, 5.41) is 3.83. The van der Waals surface area contributed by atoms with Crippen LogP contribution >= 0.6 is 0 Å². The maximum atomic E-state index is 13.2. The number of hydrogen-bond donors (Lipinski definition) is 1. The summed E-state index contributed by atoms with van der Waals surface area (Å²) in [6.45, 7) is 8.59. The van der Waals surface area contributed by atoms with E-state index in [0.717, 1.165) is 96.6 Å². The van der Waals surface area contributed by atoms with Crippen LogP contribution in [0.5, 0.6) is 5.75 Å². The van der Waals surface area contributed by atoms with Gasteiger partial charge in [-0.15, -0.1) is 0 Å².